The van der Waals surface area contributed by atoms with Crippen LogP contribution in [-0.4, -0.2) is 38.4 Å². The van der Waals surface area contributed by atoms with Gasteiger partial charge in [0.2, 0.25) is 0 Å². The van der Waals surface area contributed by atoms with Crippen LogP contribution in [0, 0.1) is 0 Å². The Morgan fingerprint density at radius 2 is 1.93 bits per heavy atom. The molecule has 2 rings (SSSR count). The maximum atomic E-state index is 5.52. The first-order valence-electron chi connectivity index (χ1n) is 6.39. The topological polar surface area (TPSA) is 33.3 Å². The summed E-state index contributed by atoms with van der Waals surface area (Å²) in [5, 5.41) is 7.18. The van der Waals surface area contributed by atoms with Crippen molar-refractivity contribution in [2.45, 2.75) is 56.7 Å². The molecule has 0 unspecified atom stereocenters. The van der Waals surface area contributed by atoms with Crippen LogP contribution in [0.2, 0.25) is 0 Å². The first kappa shape index (κ1) is 11.4. The third-order valence-electron chi connectivity index (χ3n) is 3.78. The molecule has 1 saturated carbocycles. The van der Waals surface area contributed by atoms with Crippen molar-refractivity contribution in [3.05, 3.63) is 0 Å². The summed E-state index contributed by atoms with van der Waals surface area (Å²) in [6.07, 6.45) is 8.52. The van der Waals surface area contributed by atoms with Crippen LogP contribution in [0.1, 0.15) is 38.5 Å². The van der Waals surface area contributed by atoms with E-state index >= 15 is 0 Å². The number of hydrogen-bond donors (Lipinski definition) is 2. The number of nitrogens with one attached hydrogen (secondary N) is 2. The summed E-state index contributed by atoms with van der Waals surface area (Å²) in [5.74, 6) is 0. The third-order valence-corrected chi connectivity index (χ3v) is 3.78. The monoisotopic (exact) mass is 212 g/mol. The van der Waals surface area contributed by atoms with Gasteiger partial charge in [-0.3, -0.25) is 0 Å². The van der Waals surface area contributed by atoms with Crippen molar-refractivity contribution in [1.29, 1.82) is 0 Å². The maximum absolute atomic E-state index is 5.52. The molecule has 0 radical (unpaired) electrons. The molecule has 0 aromatic rings. The number of hydrogen-bond acceptors (Lipinski definition) is 3. The van der Waals surface area contributed by atoms with Gasteiger partial charge in [0, 0.05) is 25.7 Å². The van der Waals surface area contributed by atoms with Crippen molar-refractivity contribution >= 4 is 0 Å². The molecule has 1 aliphatic carbocycles. The van der Waals surface area contributed by atoms with Gasteiger partial charge < -0.3 is 15.4 Å². The largest absolute Gasteiger partial charge is 0.379 e. The lowest BCUT2D eigenvalue weighted by Crippen LogP contribution is -2.54. The second-order valence-electron chi connectivity index (χ2n) is 4.88. The molecule has 2 atom stereocenters. The molecule has 1 aliphatic heterocycles. The summed E-state index contributed by atoms with van der Waals surface area (Å²) >= 11 is 0. The van der Waals surface area contributed by atoms with Crippen molar-refractivity contribution in [3.8, 4) is 0 Å². The van der Waals surface area contributed by atoms with Crippen LogP contribution in [0.3, 0.4) is 0 Å². The molecule has 3 heteroatoms. The van der Waals surface area contributed by atoms with Gasteiger partial charge in [-0.25, -0.2) is 0 Å². The standard InChI is InChI=1S/C12H24N2O/c1-15-12-9-13-8-7-11(12)14-10-5-3-2-4-6-10/h10-14H,2-9H2,1H3/t11-,12+/m1/s1. The molecule has 15 heavy (non-hydrogen) atoms. The van der Waals surface area contributed by atoms with E-state index in [4.69, 9.17) is 4.74 Å². The Bertz CT molecular complexity index is 180. The van der Waals surface area contributed by atoms with E-state index in [9.17, 15) is 0 Å². The fourth-order valence-corrected chi connectivity index (χ4v) is 2.84. The average Bonchev–Trinajstić information content (AvgIpc) is 2.31. The molecular formula is C12H24N2O. The Labute approximate surface area is 93.0 Å². The zero-order valence-electron chi connectivity index (χ0n) is 9.80. The Morgan fingerprint density at radius 1 is 1.13 bits per heavy atom. The Hall–Kier alpha value is -0.120. The zero-order chi connectivity index (χ0) is 10.5. The summed E-state index contributed by atoms with van der Waals surface area (Å²) in [7, 11) is 1.83. The van der Waals surface area contributed by atoms with Gasteiger partial charge >= 0.3 is 0 Å². The third kappa shape index (κ3) is 3.16. The first-order chi connectivity index (χ1) is 7.40. The quantitative estimate of drug-likeness (QED) is 0.739. The van der Waals surface area contributed by atoms with Crippen LogP contribution in [-0.2, 0) is 4.74 Å². The lowest BCUT2D eigenvalue weighted by Gasteiger charge is -2.36. The Balaban J connectivity index is 1.79. The van der Waals surface area contributed by atoms with Crippen molar-refractivity contribution < 1.29 is 4.74 Å². The minimum atomic E-state index is 0.362. The van der Waals surface area contributed by atoms with E-state index in [1.165, 1.54) is 38.5 Å². The Kier molecular flexibility index (Phi) is 4.42. The molecule has 1 saturated heterocycles. The lowest BCUT2D eigenvalue weighted by atomic mass is 9.93. The van der Waals surface area contributed by atoms with Gasteiger partial charge in [-0.2, -0.15) is 0 Å². The second kappa shape index (κ2) is 5.83. The summed E-state index contributed by atoms with van der Waals surface area (Å²) in [4.78, 5) is 0. The van der Waals surface area contributed by atoms with E-state index < -0.39 is 0 Å². The molecule has 0 bridgehead atoms. The highest BCUT2D eigenvalue weighted by Gasteiger charge is 2.27. The molecule has 3 nitrogen and oxygen atoms in total. The maximum Gasteiger partial charge on any atom is 0.0848 e. The fourth-order valence-electron chi connectivity index (χ4n) is 2.84. The predicted octanol–water partition coefficient (Wildman–Crippen LogP) is 1.29. The number of ether oxygens (including phenoxy) is 1. The van der Waals surface area contributed by atoms with E-state index in [-0.39, 0.29) is 0 Å². The molecule has 2 aliphatic rings. The lowest BCUT2D eigenvalue weighted by molar-refractivity contribution is 0.0455. The van der Waals surface area contributed by atoms with Crippen LogP contribution in [0.5, 0.6) is 0 Å². The average molecular weight is 212 g/mol. The molecule has 88 valence electrons. The van der Waals surface area contributed by atoms with E-state index in [2.05, 4.69) is 10.6 Å². The van der Waals surface area contributed by atoms with Gasteiger partial charge in [-0.1, -0.05) is 19.3 Å². The summed E-state index contributed by atoms with van der Waals surface area (Å²) in [6.45, 7) is 2.13. The van der Waals surface area contributed by atoms with Gasteiger partial charge in [0.15, 0.2) is 0 Å². The van der Waals surface area contributed by atoms with Crippen LogP contribution in [0.4, 0.5) is 0 Å². The van der Waals surface area contributed by atoms with Gasteiger partial charge in [-0.05, 0) is 25.8 Å². The van der Waals surface area contributed by atoms with Crippen LogP contribution >= 0.6 is 0 Å². The molecule has 2 N–H and O–H groups in total. The van der Waals surface area contributed by atoms with Crippen LogP contribution in [0.15, 0.2) is 0 Å². The molecule has 1 heterocycles. The second-order valence-corrected chi connectivity index (χ2v) is 4.88. The van der Waals surface area contributed by atoms with Crippen molar-refractivity contribution in [1.82, 2.24) is 10.6 Å². The van der Waals surface area contributed by atoms with Gasteiger partial charge in [0.1, 0.15) is 0 Å². The smallest absolute Gasteiger partial charge is 0.0848 e. The summed E-state index contributed by atoms with van der Waals surface area (Å²) < 4.78 is 5.52. The van der Waals surface area contributed by atoms with Crippen molar-refractivity contribution in [2.24, 2.45) is 0 Å². The number of rotatable bonds is 3. The SMILES string of the molecule is CO[C@H]1CNCC[C@H]1NC1CCCCC1. The van der Waals surface area contributed by atoms with Crippen molar-refractivity contribution in [3.63, 3.8) is 0 Å². The number of methoxy groups -OCH3 is 1. The molecule has 2 fully saturated rings. The Morgan fingerprint density at radius 3 is 2.67 bits per heavy atom. The highest BCUT2D eigenvalue weighted by atomic mass is 16.5. The molecule has 0 aromatic heterocycles. The van der Waals surface area contributed by atoms with E-state index in [1.54, 1.807) is 0 Å². The van der Waals surface area contributed by atoms with E-state index in [0.717, 1.165) is 19.1 Å². The highest BCUT2D eigenvalue weighted by Crippen LogP contribution is 2.19. The summed E-state index contributed by atoms with van der Waals surface area (Å²) in [6, 6.07) is 1.32. The fraction of sp³-hybridized carbons (Fsp3) is 1.00. The minimum absolute atomic E-state index is 0.362. The summed E-state index contributed by atoms with van der Waals surface area (Å²) in [5.41, 5.74) is 0. The molecule has 0 spiro atoms. The van der Waals surface area contributed by atoms with Crippen LogP contribution in [0.25, 0.3) is 0 Å². The van der Waals surface area contributed by atoms with E-state index in [0.29, 0.717) is 12.1 Å². The molecule has 0 amide bonds. The van der Waals surface area contributed by atoms with E-state index in [1.807, 2.05) is 7.11 Å². The van der Waals surface area contributed by atoms with Gasteiger partial charge in [0.25, 0.3) is 0 Å². The van der Waals surface area contributed by atoms with Gasteiger partial charge in [0.05, 0.1) is 6.10 Å². The molecule has 0 aromatic carbocycles. The van der Waals surface area contributed by atoms with Crippen molar-refractivity contribution in [2.75, 3.05) is 20.2 Å². The normalized spacial score (nSPS) is 34.2. The zero-order valence-corrected chi connectivity index (χ0v) is 9.80. The van der Waals surface area contributed by atoms with Gasteiger partial charge in [-0.15, -0.1) is 0 Å². The minimum Gasteiger partial charge on any atom is -0.379 e. The van der Waals surface area contributed by atoms with Crippen LogP contribution < -0.4 is 10.6 Å². The number of piperidine rings is 1. The molecular weight excluding hydrogens is 188 g/mol. The highest BCUT2D eigenvalue weighted by molar-refractivity contribution is 4.87. The first-order valence-corrected chi connectivity index (χ1v) is 6.39. The predicted molar refractivity (Wildman–Crippen MR) is 62.1 cm³/mol.